The molecule has 0 radical (unpaired) electrons. The van der Waals surface area contributed by atoms with E-state index in [1.165, 1.54) is 12.1 Å². The van der Waals surface area contributed by atoms with Gasteiger partial charge in [-0.3, -0.25) is 9.78 Å². The van der Waals surface area contributed by atoms with Gasteiger partial charge in [0.05, 0.1) is 6.54 Å². The summed E-state index contributed by atoms with van der Waals surface area (Å²) in [6.45, 7) is 0.994. The molecule has 2 aromatic carbocycles. The minimum atomic E-state index is -0.322. The highest BCUT2D eigenvalue weighted by atomic mass is 19.1. The average Bonchev–Trinajstić information content (AvgIpc) is 2.72. The zero-order chi connectivity index (χ0) is 19.1. The number of hydrogen-bond acceptors (Lipinski definition) is 4. The SMILES string of the molecule is NCc1cccc(-c2cccnc2C(=O)NCCOc2ccc(F)cc2)c1. The lowest BCUT2D eigenvalue weighted by Crippen LogP contribution is -2.29. The third-order valence-corrected chi connectivity index (χ3v) is 3.97. The van der Waals surface area contributed by atoms with E-state index in [-0.39, 0.29) is 18.3 Å². The second-order valence-corrected chi connectivity index (χ2v) is 5.86. The van der Waals surface area contributed by atoms with Gasteiger partial charge in [0.1, 0.15) is 23.9 Å². The zero-order valence-electron chi connectivity index (χ0n) is 14.7. The van der Waals surface area contributed by atoms with Crippen molar-refractivity contribution < 1.29 is 13.9 Å². The van der Waals surface area contributed by atoms with Crippen LogP contribution in [-0.2, 0) is 6.54 Å². The minimum Gasteiger partial charge on any atom is -0.492 e. The Labute approximate surface area is 157 Å². The number of aromatic nitrogens is 1. The first-order valence-electron chi connectivity index (χ1n) is 8.58. The number of nitrogens with one attached hydrogen (secondary N) is 1. The Morgan fingerprint density at radius 1 is 1.11 bits per heavy atom. The highest BCUT2D eigenvalue weighted by Gasteiger charge is 2.14. The summed E-state index contributed by atoms with van der Waals surface area (Å²) >= 11 is 0. The molecule has 3 aromatic rings. The molecule has 3 N–H and O–H groups in total. The first kappa shape index (κ1) is 18.5. The molecule has 0 aliphatic heterocycles. The molecule has 0 saturated carbocycles. The predicted octanol–water partition coefficient (Wildman–Crippen LogP) is 3.16. The number of nitrogens with zero attached hydrogens (tertiary/aromatic N) is 1. The molecule has 3 rings (SSSR count). The molecule has 0 spiro atoms. The van der Waals surface area contributed by atoms with Crippen molar-refractivity contribution in [2.45, 2.75) is 6.54 Å². The van der Waals surface area contributed by atoms with Crippen LogP contribution in [0.5, 0.6) is 5.75 Å². The Morgan fingerprint density at radius 2 is 1.93 bits per heavy atom. The smallest absolute Gasteiger partial charge is 0.270 e. The van der Waals surface area contributed by atoms with Crippen LogP contribution in [0.15, 0.2) is 66.9 Å². The molecule has 6 heteroatoms. The number of rotatable bonds is 7. The van der Waals surface area contributed by atoms with Crippen molar-refractivity contribution in [2.75, 3.05) is 13.2 Å². The van der Waals surface area contributed by atoms with Crippen LogP contribution < -0.4 is 15.8 Å². The van der Waals surface area contributed by atoms with Gasteiger partial charge >= 0.3 is 0 Å². The summed E-state index contributed by atoms with van der Waals surface area (Å²) in [6.07, 6.45) is 1.58. The van der Waals surface area contributed by atoms with E-state index in [0.29, 0.717) is 24.5 Å². The number of pyridine rings is 1. The summed E-state index contributed by atoms with van der Waals surface area (Å²) < 4.78 is 18.3. The number of amides is 1. The molecule has 1 amide bonds. The quantitative estimate of drug-likeness (QED) is 0.631. The molecule has 0 aliphatic carbocycles. The average molecular weight is 365 g/mol. The fourth-order valence-corrected chi connectivity index (χ4v) is 2.63. The van der Waals surface area contributed by atoms with Gasteiger partial charge in [0.2, 0.25) is 0 Å². The minimum absolute atomic E-state index is 0.266. The van der Waals surface area contributed by atoms with Crippen LogP contribution in [0.4, 0.5) is 4.39 Å². The summed E-state index contributed by atoms with van der Waals surface area (Å²) in [7, 11) is 0. The van der Waals surface area contributed by atoms with Gasteiger partial charge in [-0.2, -0.15) is 0 Å². The maximum absolute atomic E-state index is 12.9. The van der Waals surface area contributed by atoms with Gasteiger partial charge in [-0.15, -0.1) is 0 Å². The fourth-order valence-electron chi connectivity index (χ4n) is 2.63. The second kappa shape index (κ2) is 8.91. The number of halogens is 1. The monoisotopic (exact) mass is 365 g/mol. The van der Waals surface area contributed by atoms with E-state index in [1.807, 2.05) is 30.3 Å². The summed E-state index contributed by atoms with van der Waals surface area (Å²) in [5, 5.41) is 2.79. The second-order valence-electron chi connectivity index (χ2n) is 5.86. The molecule has 0 unspecified atom stereocenters. The van der Waals surface area contributed by atoms with Crippen molar-refractivity contribution in [3.63, 3.8) is 0 Å². The van der Waals surface area contributed by atoms with Crippen LogP contribution in [-0.4, -0.2) is 24.0 Å². The molecule has 1 heterocycles. The van der Waals surface area contributed by atoms with E-state index < -0.39 is 0 Å². The van der Waals surface area contributed by atoms with E-state index in [9.17, 15) is 9.18 Å². The van der Waals surface area contributed by atoms with Crippen LogP contribution in [0.1, 0.15) is 16.1 Å². The molecule has 0 atom stereocenters. The molecule has 138 valence electrons. The van der Waals surface area contributed by atoms with Crippen molar-refractivity contribution in [3.05, 3.63) is 83.9 Å². The summed E-state index contributed by atoms with van der Waals surface area (Å²) in [6, 6.07) is 17.1. The van der Waals surface area contributed by atoms with E-state index in [1.54, 1.807) is 24.4 Å². The Kier molecular flexibility index (Phi) is 6.12. The van der Waals surface area contributed by atoms with Crippen LogP contribution in [0.2, 0.25) is 0 Å². The van der Waals surface area contributed by atoms with Crippen LogP contribution in [0.3, 0.4) is 0 Å². The Morgan fingerprint density at radius 3 is 2.70 bits per heavy atom. The predicted molar refractivity (Wildman–Crippen MR) is 102 cm³/mol. The van der Waals surface area contributed by atoms with Crippen molar-refractivity contribution in [1.82, 2.24) is 10.3 Å². The molecule has 5 nitrogen and oxygen atoms in total. The van der Waals surface area contributed by atoms with Gasteiger partial charge in [-0.1, -0.05) is 24.3 Å². The van der Waals surface area contributed by atoms with Gasteiger partial charge in [0, 0.05) is 18.3 Å². The summed E-state index contributed by atoms with van der Waals surface area (Å²) in [4.78, 5) is 16.8. The normalized spacial score (nSPS) is 10.4. The number of nitrogens with two attached hydrogens (primary N) is 1. The molecular formula is C21H20FN3O2. The number of carbonyl (C=O) groups excluding carboxylic acids is 1. The maximum atomic E-state index is 12.9. The molecular weight excluding hydrogens is 345 g/mol. The van der Waals surface area contributed by atoms with Crippen LogP contribution in [0, 0.1) is 5.82 Å². The maximum Gasteiger partial charge on any atom is 0.270 e. The fraction of sp³-hybridized carbons (Fsp3) is 0.143. The first-order valence-corrected chi connectivity index (χ1v) is 8.58. The van der Waals surface area contributed by atoms with E-state index in [0.717, 1.165) is 16.7 Å². The summed E-state index contributed by atoms with van der Waals surface area (Å²) in [5.74, 6) is -0.0636. The lowest BCUT2D eigenvalue weighted by atomic mass is 10.0. The van der Waals surface area contributed by atoms with Gasteiger partial charge in [-0.05, 0) is 47.5 Å². The zero-order valence-corrected chi connectivity index (χ0v) is 14.7. The largest absolute Gasteiger partial charge is 0.492 e. The highest BCUT2D eigenvalue weighted by molar-refractivity contribution is 5.98. The lowest BCUT2D eigenvalue weighted by Gasteiger charge is -2.11. The van der Waals surface area contributed by atoms with E-state index in [2.05, 4.69) is 10.3 Å². The van der Waals surface area contributed by atoms with E-state index in [4.69, 9.17) is 10.5 Å². The topological polar surface area (TPSA) is 77.2 Å². The van der Waals surface area contributed by atoms with Crippen molar-refractivity contribution in [2.24, 2.45) is 5.73 Å². The number of hydrogen-bond donors (Lipinski definition) is 2. The van der Waals surface area contributed by atoms with E-state index >= 15 is 0 Å². The number of benzene rings is 2. The molecule has 0 bridgehead atoms. The first-order chi connectivity index (χ1) is 13.2. The number of ether oxygens (including phenoxy) is 1. The molecule has 0 aliphatic rings. The van der Waals surface area contributed by atoms with Gasteiger partial charge in [0.15, 0.2) is 0 Å². The van der Waals surface area contributed by atoms with Crippen LogP contribution >= 0.6 is 0 Å². The molecule has 27 heavy (non-hydrogen) atoms. The summed E-state index contributed by atoms with van der Waals surface area (Å²) in [5.41, 5.74) is 8.65. The molecule has 1 aromatic heterocycles. The number of carbonyl (C=O) groups is 1. The Bertz CT molecular complexity index is 913. The van der Waals surface area contributed by atoms with Crippen LogP contribution in [0.25, 0.3) is 11.1 Å². The lowest BCUT2D eigenvalue weighted by molar-refractivity contribution is 0.0942. The Balaban J connectivity index is 1.64. The standard InChI is InChI=1S/C21H20FN3O2/c22-17-6-8-18(9-7-17)27-12-11-25-21(26)20-19(5-2-10-24-20)16-4-1-3-15(13-16)14-23/h1-10,13H,11-12,14,23H2,(H,25,26). The third kappa shape index (κ3) is 4.89. The third-order valence-electron chi connectivity index (χ3n) is 3.97. The van der Waals surface area contributed by atoms with Gasteiger partial charge in [0.25, 0.3) is 5.91 Å². The highest BCUT2D eigenvalue weighted by Crippen LogP contribution is 2.23. The van der Waals surface area contributed by atoms with Crippen molar-refractivity contribution in [3.8, 4) is 16.9 Å². The van der Waals surface area contributed by atoms with Gasteiger partial charge in [-0.25, -0.2) is 4.39 Å². The van der Waals surface area contributed by atoms with Crippen molar-refractivity contribution >= 4 is 5.91 Å². The van der Waals surface area contributed by atoms with Crippen molar-refractivity contribution in [1.29, 1.82) is 0 Å². The molecule has 0 fully saturated rings. The Hall–Kier alpha value is -3.25. The molecule has 0 saturated heterocycles. The van der Waals surface area contributed by atoms with Gasteiger partial charge < -0.3 is 15.8 Å².